The third kappa shape index (κ3) is 5.29. The van der Waals surface area contributed by atoms with Crippen molar-refractivity contribution in [2.24, 2.45) is 14.1 Å². The normalized spacial score (nSPS) is 14.1. The number of rotatable bonds is 10. The molecule has 14 heteroatoms. The summed E-state index contributed by atoms with van der Waals surface area (Å²) in [7, 11) is 7.62. The van der Waals surface area contributed by atoms with E-state index in [1.54, 1.807) is 18.7 Å². The molecule has 1 aromatic carbocycles. The quantitative estimate of drug-likeness (QED) is 0.327. The predicted molar refractivity (Wildman–Crippen MR) is 142 cm³/mol. The van der Waals surface area contributed by atoms with Crippen LogP contribution in [0.4, 0.5) is 5.95 Å². The Hall–Kier alpha value is -4.04. The van der Waals surface area contributed by atoms with Crippen LogP contribution < -0.4 is 30.4 Å². The van der Waals surface area contributed by atoms with Crippen molar-refractivity contribution in [3.05, 3.63) is 38.5 Å². The van der Waals surface area contributed by atoms with Gasteiger partial charge in [0.15, 0.2) is 22.7 Å². The van der Waals surface area contributed by atoms with Crippen LogP contribution in [0.5, 0.6) is 17.2 Å². The van der Waals surface area contributed by atoms with Gasteiger partial charge < -0.3 is 33.5 Å². The molecule has 212 valence electrons. The molecule has 1 fully saturated rings. The van der Waals surface area contributed by atoms with Crippen molar-refractivity contribution in [2.45, 2.75) is 6.54 Å². The molecule has 2 aromatic heterocycles. The molecule has 1 aliphatic heterocycles. The topological polar surface area (TPSA) is 143 Å². The molecule has 3 heterocycles. The Kier molecular flexibility index (Phi) is 8.45. The van der Waals surface area contributed by atoms with E-state index in [1.807, 2.05) is 0 Å². The van der Waals surface area contributed by atoms with E-state index in [0.717, 1.165) is 17.7 Å². The minimum absolute atomic E-state index is 0.103. The third-order valence-electron chi connectivity index (χ3n) is 6.86. The van der Waals surface area contributed by atoms with E-state index in [9.17, 15) is 19.5 Å². The maximum Gasteiger partial charge on any atom is 0.338 e. The van der Waals surface area contributed by atoms with Crippen molar-refractivity contribution in [2.75, 3.05) is 72.2 Å². The Morgan fingerprint density at radius 1 is 0.949 bits per heavy atom. The number of anilines is 1. The second kappa shape index (κ2) is 11.8. The van der Waals surface area contributed by atoms with E-state index in [4.69, 9.17) is 18.9 Å². The number of nitrogens with zero attached hydrogens (tertiary/aromatic N) is 6. The number of aliphatic hydroxyl groups is 1. The molecule has 14 nitrogen and oxygen atoms in total. The van der Waals surface area contributed by atoms with Gasteiger partial charge >= 0.3 is 11.7 Å². The van der Waals surface area contributed by atoms with E-state index in [0.29, 0.717) is 42.8 Å². The first kappa shape index (κ1) is 28.0. The molecular weight excluding hydrogens is 512 g/mol. The summed E-state index contributed by atoms with van der Waals surface area (Å²) in [4.78, 5) is 48.0. The first-order valence-corrected chi connectivity index (χ1v) is 12.5. The van der Waals surface area contributed by atoms with Gasteiger partial charge in [-0.15, -0.1) is 0 Å². The van der Waals surface area contributed by atoms with Crippen molar-refractivity contribution in [3.63, 3.8) is 0 Å². The van der Waals surface area contributed by atoms with Gasteiger partial charge in [-0.3, -0.25) is 18.8 Å². The first-order chi connectivity index (χ1) is 18.7. The number of benzene rings is 1. The van der Waals surface area contributed by atoms with Gasteiger partial charge in [0, 0.05) is 46.8 Å². The Balaban J connectivity index is 1.54. The summed E-state index contributed by atoms with van der Waals surface area (Å²) < 4.78 is 25.2. The Morgan fingerprint density at radius 3 is 2.15 bits per heavy atom. The summed E-state index contributed by atoms with van der Waals surface area (Å²) in [6.45, 7) is 3.22. The van der Waals surface area contributed by atoms with Crippen molar-refractivity contribution in [1.82, 2.24) is 23.6 Å². The summed E-state index contributed by atoms with van der Waals surface area (Å²) >= 11 is 0. The Bertz CT molecular complexity index is 1440. The number of piperazine rings is 1. The summed E-state index contributed by atoms with van der Waals surface area (Å²) in [6.07, 6.45) is 0. The number of carbonyl (C=O) groups is 1. The highest BCUT2D eigenvalue weighted by molar-refractivity contribution is 5.91. The molecule has 1 aliphatic rings. The van der Waals surface area contributed by atoms with Crippen LogP contribution in [0.1, 0.15) is 10.4 Å². The molecule has 0 radical (unpaired) electrons. The van der Waals surface area contributed by atoms with E-state index < -0.39 is 17.2 Å². The highest BCUT2D eigenvalue weighted by Gasteiger charge is 2.25. The SMILES string of the molecule is COc1cc(C(=O)OCCn2c(=O)c3c(nc(N4CCN(CCO)CC4)n3C)n(C)c2=O)cc(OC)c1OC. The van der Waals surface area contributed by atoms with Crippen LogP contribution in [-0.2, 0) is 25.4 Å². The van der Waals surface area contributed by atoms with E-state index >= 15 is 0 Å². The summed E-state index contributed by atoms with van der Waals surface area (Å²) in [5.74, 6) is 0.834. The third-order valence-corrected chi connectivity index (χ3v) is 6.86. The standard InChI is InChI=1S/C25H34N6O8/c1-27-19-21(26-24(27)30-8-6-29(7-9-30)10-12-32)28(2)25(35)31(22(19)33)11-13-39-23(34)16-14-17(36-3)20(38-5)18(15-16)37-4/h14-15,32H,6-13H2,1-5H3. The zero-order valence-electron chi connectivity index (χ0n) is 22.8. The number of β-amino-alcohol motifs (C(OH)–C–C–N with tert-alkyl or cyclic N) is 1. The monoisotopic (exact) mass is 546 g/mol. The van der Waals surface area contributed by atoms with Crippen LogP contribution in [0.15, 0.2) is 21.7 Å². The van der Waals surface area contributed by atoms with Gasteiger partial charge in [0.05, 0.1) is 40.0 Å². The molecule has 3 aromatic rings. The van der Waals surface area contributed by atoms with Gasteiger partial charge in [0.25, 0.3) is 5.56 Å². The number of esters is 1. The van der Waals surface area contributed by atoms with Crippen molar-refractivity contribution < 1.29 is 28.8 Å². The molecular formula is C25H34N6O8. The van der Waals surface area contributed by atoms with Crippen LogP contribution in [0.2, 0.25) is 0 Å². The predicted octanol–water partition coefficient (Wildman–Crippen LogP) is -0.569. The highest BCUT2D eigenvalue weighted by atomic mass is 16.5. The number of methoxy groups -OCH3 is 3. The van der Waals surface area contributed by atoms with E-state index in [1.165, 1.54) is 38.0 Å². The van der Waals surface area contributed by atoms with Crippen LogP contribution >= 0.6 is 0 Å². The van der Waals surface area contributed by atoms with Crippen LogP contribution in [0.3, 0.4) is 0 Å². The number of imidazole rings is 1. The van der Waals surface area contributed by atoms with Crippen molar-refractivity contribution in [1.29, 1.82) is 0 Å². The molecule has 0 spiro atoms. The maximum absolute atomic E-state index is 13.4. The lowest BCUT2D eigenvalue weighted by molar-refractivity contribution is 0.0487. The minimum Gasteiger partial charge on any atom is -0.493 e. The number of aryl methyl sites for hydroxylation is 2. The van der Waals surface area contributed by atoms with Crippen molar-refractivity contribution in [3.8, 4) is 17.2 Å². The molecule has 0 bridgehead atoms. The number of hydrogen-bond acceptors (Lipinski definition) is 11. The first-order valence-electron chi connectivity index (χ1n) is 12.5. The lowest BCUT2D eigenvalue weighted by Crippen LogP contribution is -2.48. The molecule has 0 aliphatic carbocycles. The lowest BCUT2D eigenvalue weighted by Gasteiger charge is -2.34. The number of hydrogen-bond donors (Lipinski definition) is 1. The van der Waals surface area contributed by atoms with E-state index in [-0.39, 0.29) is 36.5 Å². The van der Waals surface area contributed by atoms with Gasteiger partial charge in [0.2, 0.25) is 11.7 Å². The molecule has 0 saturated carbocycles. The average molecular weight is 547 g/mol. The second-order valence-corrected chi connectivity index (χ2v) is 9.04. The number of carbonyl (C=O) groups excluding carboxylic acids is 1. The Morgan fingerprint density at radius 2 is 1.59 bits per heavy atom. The molecule has 0 atom stereocenters. The highest BCUT2D eigenvalue weighted by Crippen LogP contribution is 2.38. The zero-order chi connectivity index (χ0) is 28.3. The van der Waals surface area contributed by atoms with Crippen molar-refractivity contribution >= 4 is 23.1 Å². The molecule has 0 amide bonds. The zero-order valence-corrected chi connectivity index (χ0v) is 22.8. The minimum atomic E-state index is -0.677. The number of fused-ring (bicyclic) bond motifs is 1. The molecule has 0 unspecified atom stereocenters. The van der Waals surface area contributed by atoms with Gasteiger partial charge in [-0.2, -0.15) is 4.98 Å². The van der Waals surface area contributed by atoms with Gasteiger partial charge in [-0.1, -0.05) is 0 Å². The van der Waals surface area contributed by atoms with E-state index in [2.05, 4.69) is 14.8 Å². The Labute approximate surface area is 224 Å². The molecule has 1 N–H and O–H groups in total. The van der Waals surface area contributed by atoms with Gasteiger partial charge in [-0.05, 0) is 12.1 Å². The van der Waals surface area contributed by atoms with Crippen LogP contribution in [-0.4, -0.2) is 102 Å². The summed E-state index contributed by atoms with van der Waals surface area (Å²) in [5.41, 5.74) is -0.354. The van der Waals surface area contributed by atoms with Gasteiger partial charge in [-0.25, -0.2) is 9.59 Å². The average Bonchev–Trinajstić information content (AvgIpc) is 3.30. The fourth-order valence-corrected chi connectivity index (χ4v) is 4.74. The summed E-state index contributed by atoms with van der Waals surface area (Å²) in [6, 6.07) is 2.92. The molecule has 4 rings (SSSR count). The second-order valence-electron chi connectivity index (χ2n) is 9.04. The number of aromatic nitrogens is 4. The lowest BCUT2D eigenvalue weighted by atomic mass is 10.2. The fourth-order valence-electron chi connectivity index (χ4n) is 4.74. The van der Waals surface area contributed by atoms with Crippen LogP contribution in [0, 0.1) is 0 Å². The smallest absolute Gasteiger partial charge is 0.338 e. The molecule has 39 heavy (non-hydrogen) atoms. The molecule has 1 saturated heterocycles. The van der Waals surface area contributed by atoms with Crippen LogP contribution in [0.25, 0.3) is 11.2 Å². The maximum atomic E-state index is 13.4. The fraction of sp³-hybridized carbons (Fsp3) is 0.520. The number of aliphatic hydroxyl groups excluding tert-OH is 1. The number of ether oxygens (including phenoxy) is 4. The largest absolute Gasteiger partial charge is 0.493 e. The summed E-state index contributed by atoms with van der Waals surface area (Å²) in [5, 5.41) is 9.18. The van der Waals surface area contributed by atoms with Gasteiger partial charge in [0.1, 0.15) is 6.61 Å².